The molecule has 1 atom stereocenters. The van der Waals surface area contributed by atoms with Gasteiger partial charge in [-0.2, -0.15) is 0 Å². The molecule has 0 radical (unpaired) electrons. The number of hydrogen-bond donors (Lipinski definition) is 2. The fourth-order valence-electron chi connectivity index (χ4n) is 1.52. The molecule has 3 N–H and O–H groups in total. The molecule has 76 valence electrons. The van der Waals surface area contributed by atoms with Crippen LogP contribution in [0.1, 0.15) is 24.9 Å². The van der Waals surface area contributed by atoms with E-state index < -0.39 is 0 Å². The first-order valence-electron chi connectivity index (χ1n) is 4.97. The van der Waals surface area contributed by atoms with E-state index in [0.717, 1.165) is 12.1 Å². The van der Waals surface area contributed by atoms with Crippen LogP contribution in [0.4, 0.5) is 0 Å². The first-order valence-corrected chi connectivity index (χ1v) is 4.97. The largest absolute Gasteiger partial charge is 0.401 e. The SMILES string of the molecule is CC/C=C(\N)C(NC)c1ccccc1. The van der Waals surface area contributed by atoms with Gasteiger partial charge >= 0.3 is 0 Å². The molecule has 0 aliphatic carbocycles. The Hall–Kier alpha value is -1.28. The van der Waals surface area contributed by atoms with Crippen LogP contribution in [0.25, 0.3) is 0 Å². The van der Waals surface area contributed by atoms with Gasteiger partial charge in [0.2, 0.25) is 0 Å². The van der Waals surface area contributed by atoms with Gasteiger partial charge in [-0.1, -0.05) is 43.3 Å². The lowest BCUT2D eigenvalue weighted by atomic mass is 10.0. The van der Waals surface area contributed by atoms with E-state index in [1.807, 2.05) is 31.3 Å². The van der Waals surface area contributed by atoms with Crippen LogP contribution in [-0.2, 0) is 0 Å². The summed E-state index contributed by atoms with van der Waals surface area (Å²) in [4.78, 5) is 0. The van der Waals surface area contributed by atoms with E-state index in [0.29, 0.717) is 0 Å². The lowest BCUT2D eigenvalue weighted by molar-refractivity contribution is 0.667. The molecular weight excluding hydrogens is 172 g/mol. The van der Waals surface area contributed by atoms with Crippen molar-refractivity contribution in [3.8, 4) is 0 Å². The zero-order valence-corrected chi connectivity index (χ0v) is 8.83. The van der Waals surface area contributed by atoms with Gasteiger partial charge in [0.15, 0.2) is 0 Å². The van der Waals surface area contributed by atoms with Crippen LogP contribution >= 0.6 is 0 Å². The molecule has 0 amide bonds. The van der Waals surface area contributed by atoms with Crippen molar-refractivity contribution >= 4 is 0 Å². The smallest absolute Gasteiger partial charge is 0.0717 e. The summed E-state index contributed by atoms with van der Waals surface area (Å²) in [6.45, 7) is 2.09. The molecule has 1 unspecified atom stereocenters. The Kier molecular flexibility index (Phi) is 4.20. The van der Waals surface area contributed by atoms with E-state index in [-0.39, 0.29) is 6.04 Å². The maximum absolute atomic E-state index is 5.97. The molecule has 2 nitrogen and oxygen atoms in total. The zero-order chi connectivity index (χ0) is 10.4. The normalized spacial score (nSPS) is 14.0. The van der Waals surface area contributed by atoms with Crippen LogP contribution < -0.4 is 11.1 Å². The van der Waals surface area contributed by atoms with E-state index in [9.17, 15) is 0 Å². The molecule has 0 bridgehead atoms. The molecule has 0 aliphatic rings. The van der Waals surface area contributed by atoms with E-state index in [1.54, 1.807) is 0 Å². The van der Waals surface area contributed by atoms with Crippen molar-refractivity contribution in [2.75, 3.05) is 7.05 Å². The minimum Gasteiger partial charge on any atom is -0.401 e. The summed E-state index contributed by atoms with van der Waals surface area (Å²) < 4.78 is 0. The summed E-state index contributed by atoms with van der Waals surface area (Å²) in [5.41, 5.74) is 8.07. The molecule has 0 heterocycles. The molecule has 0 saturated heterocycles. The van der Waals surface area contributed by atoms with Crippen LogP contribution in [-0.4, -0.2) is 7.05 Å². The van der Waals surface area contributed by atoms with Crippen LogP contribution in [0.2, 0.25) is 0 Å². The third kappa shape index (κ3) is 2.60. The quantitative estimate of drug-likeness (QED) is 0.764. The molecule has 1 aromatic carbocycles. The highest BCUT2D eigenvalue weighted by Crippen LogP contribution is 2.17. The minimum absolute atomic E-state index is 0.135. The van der Waals surface area contributed by atoms with E-state index in [4.69, 9.17) is 5.73 Å². The molecule has 1 aromatic rings. The molecule has 14 heavy (non-hydrogen) atoms. The highest BCUT2D eigenvalue weighted by atomic mass is 14.9. The van der Waals surface area contributed by atoms with Crippen LogP contribution in [0, 0.1) is 0 Å². The lowest BCUT2D eigenvalue weighted by Gasteiger charge is -2.17. The second-order valence-electron chi connectivity index (χ2n) is 3.24. The zero-order valence-electron chi connectivity index (χ0n) is 8.83. The number of benzene rings is 1. The van der Waals surface area contributed by atoms with Gasteiger partial charge in [-0.15, -0.1) is 0 Å². The van der Waals surface area contributed by atoms with Gasteiger partial charge in [0.25, 0.3) is 0 Å². The molecule has 1 rings (SSSR count). The van der Waals surface area contributed by atoms with E-state index in [1.165, 1.54) is 5.56 Å². The second-order valence-corrected chi connectivity index (χ2v) is 3.24. The average Bonchev–Trinajstić information content (AvgIpc) is 2.21. The summed E-state index contributed by atoms with van der Waals surface area (Å²) in [7, 11) is 1.92. The van der Waals surface area contributed by atoms with Crippen molar-refractivity contribution < 1.29 is 0 Å². The number of nitrogens with two attached hydrogens (primary N) is 1. The fourth-order valence-corrected chi connectivity index (χ4v) is 1.52. The molecule has 0 spiro atoms. The Balaban J connectivity index is 2.88. The predicted octanol–water partition coefficient (Wildman–Crippen LogP) is 2.20. The van der Waals surface area contributed by atoms with Gasteiger partial charge in [0.05, 0.1) is 6.04 Å². The number of likely N-dealkylation sites (N-methyl/N-ethyl adjacent to an activating group) is 1. The van der Waals surface area contributed by atoms with Gasteiger partial charge in [-0.05, 0) is 19.0 Å². The molecule has 0 aliphatic heterocycles. The maximum atomic E-state index is 5.97. The van der Waals surface area contributed by atoms with Gasteiger partial charge in [-0.3, -0.25) is 0 Å². The van der Waals surface area contributed by atoms with Crippen LogP contribution in [0.15, 0.2) is 42.1 Å². The first kappa shape index (κ1) is 10.8. The number of rotatable bonds is 4. The van der Waals surface area contributed by atoms with Crippen molar-refractivity contribution in [2.45, 2.75) is 19.4 Å². The maximum Gasteiger partial charge on any atom is 0.0717 e. The minimum atomic E-state index is 0.135. The van der Waals surface area contributed by atoms with E-state index >= 15 is 0 Å². The fraction of sp³-hybridized carbons (Fsp3) is 0.333. The third-order valence-electron chi connectivity index (χ3n) is 2.19. The molecule has 0 aromatic heterocycles. The Bertz CT molecular complexity index is 290. The Labute approximate surface area is 85.8 Å². The predicted molar refractivity (Wildman–Crippen MR) is 60.8 cm³/mol. The summed E-state index contributed by atoms with van der Waals surface area (Å²) >= 11 is 0. The first-order chi connectivity index (χ1) is 6.79. The Morgan fingerprint density at radius 1 is 1.43 bits per heavy atom. The summed E-state index contributed by atoms with van der Waals surface area (Å²) in [5.74, 6) is 0. The van der Waals surface area contributed by atoms with Crippen molar-refractivity contribution in [2.24, 2.45) is 5.73 Å². The number of allylic oxidation sites excluding steroid dienone is 1. The third-order valence-corrected chi connectivity index (χ3v) is 2.19. The highest BCUT2D eigenvalue weighted by Gasteiger charge is 2.10. The molecule has 0 saturated carbocycles. The van der Waals surface area contributed by atoms with Crippen molar-refractivity contribution in [3.05, 3.63) is 47.7 Å². The lowest BCUT2D eigenvalue weighted by Crippen LogP contribution is -2.22. The molecule has 0 fully saturated rings. The standard InChI is InChI=1S/C12H18N2/c1-3-7-11(13)12(14-2)10-8-5-4-6-9-10/h4-9,12,14H,3,13H2,1-2H3/b11-7-. The van der Waals surface area contributed by atoms with Gasteiger partial charge in [-0.25, -0.2) is 0 Å². The number of nitrogens with one attached hydrogen (secondary N) is 1. The van der Waals surface area contributed by atoms with Gasteiger partial charge in [0.1, 0.15) is 0 Å². The van der Waals surface area contributed by atoms with Gasteiger partial charge < -0.3 is 11.1 Å². The average molecular weight is 190 g/mol. The summed E-state index contributed by atoms with van der Waals surface area (Å²) in [5, 5.41) is 3.21. The van der Waals surface area contributed by atoms with Crippen LogP contribution in [0.5, 0.6) is 0 Å². The monoisotopic (exact) mass is 190 g/mol. The second kappa shape index (κ2) is 5.45. The number of hydrogen-bond acceptors (Lipinski definition) is 2. The Morgan fingerprint density at radius 2 is 2.07 bits per heavy atom. The summed E-state index contributed by atoms with van der Waals surface area (Å²) in [6.07, 6.45) is 3.02. The summed E-state index contributed by atoms with van der Waals surface area (Å²) in [6, 6.07) is 10.4. The van der Waals surface area contributed by atoms with Crippen molar-refractivity contribution in [1.82, 2.24) is 5.32 Å². The van der Waals surface area contributed by atoms with Crippen LogP contribution in [0.3, 0.4) is 0 Å². The van der Waals surface area contributed by atoms with E-state index in [2.05, 4.69) is 24.4 Å². The van der Waals surface area contributed by atoms with Crippen molar-refractivity contribution in [3.63, 3.8) is 0 Å². The van der Waals surface area contributed by atoms with Gasteiger partial charge in [0, 0.05) is 5.70 Å². The topological polar surface area (TPSA) is 38.0 Å². The van der Waals surface area contributed by atoms with Crippen molar-refractivity contribution in [1.29, 1.82) is 0 Å². The Morgan fingerprint density at radius 3 is 2.57 bits per heavy atom. The molecule has 2 heteroatoms. The molecular formula is C12H18N2. The highest BCUT2D eigenvalue weighted by molar-refractivity contribution is 5.26.